The van der Waals surface area contributed by atoms with Crippen LogP contribution in [0.25, 0.3) is 11.5 Å². The van der Waals surface area contributed by atoms with Crippen molar-refractivity contribution in [3.63, 3.8) is 0 Å². The Kier molecular flexibility index (Phi) is 3.82. The van der Waals surface area contributed by atoms with Crippen molar-refractivity contribution in [2.75, 3.05) is 16.8 Å². The first kappa shape index (κ1) is 13.3. The third-order valence-corrected chi connectivity index (χ3v) is 4.96. The van der Waals surface area contributed by atoms with E-state index in [1.54, 1.807) is 0 Å². The molecular weight excluding hydrogens is 274 g/mol. The summed E-state index contributed by atoms with van der Waals surface area (Å²) in [7, 11) is -0.616. The highest BCUT2D eigenvalue weighted by Gasteiger charge is 2.18. The molecule has 1 aliphatic heterocycles. The van der Waals surface area contributed by atoms with Gasteiger partial charge in [-0.05, 0) is 43.5 Å². The van der Waals surface area contributed by atoms with Crippen LogP contribution in [0, 0.1) is 6.92 Å². The second kappa shape index (κ2) is 5.75. The lowest BCUT2D eigenvalue weighted by molar-refractivity contribution is 0.568. The Morgan fingerprint density at radius 1 is 1.35 bits per heavy atom. The van der Waals surface area contributed by atoms with Gasteiger partial charge >= 0.3 is 0 Å². The molecule has 5 nitrogen and oxygen atoms in total. The van der Waals surface area contributed by atoms with Crippen molar-refractivity contribution in [3.05, 3.63) is 30.2 Å². The summed E-state index contributed by atoms with van der Waals surface area (Å²) in [6.07, 6.45) is 3.27. The smallest absolute Gasteiger partial charge is 0.247 e. The third-order valence-electron chi connectivity index (χ3n) is 3.58. The summed E-state index contributed by atoms with van der Waals surface area (Å²) in [4.78, 5) is 0. The lowest BCUT2D eigenvalue weighted by atomic mass is 10.1. The third kappa shape index (κ3) is 2.90. The number of nitrogens with one attached hydrogen (secondary N) is 1. The van der Waals surface area contributed by atoms with Gasteiger partial charge in [-0.3, -0.25) is 4.21 Å². The molecule has 6 heteroatoms. The molecule has 1 aliphatic rings. The zero-order chi connectivity index (χ0) is 13.9. The molecule has 106 valence electrons. The van der Waals surface area contributed by atoms with E-state index in [2.05, 4.69) is 22.4 Å². The van der Waals surface area contributed by atoms with Crippen molar-refractivity contribution in [1.29, 1.82) is 0 Å². The highest BCUT2D eigenvalue weighted by molar-refractivity contribution is 7.85. The normalized spacial score (nSPS) is 22.6. The zero-order valence-corrected chi connectivity index (χ0v) is 12.2. The minimum Gasteiger partial charge on any atom is -0.423 e. The van der Waals surface area contributed by atoms with Gasteiger partial charge in [0.2, 0.25) is 12.3 Å². The summed E-state index contributed by atoms with van der Waals surface area (Å²) in [5.41, 5.74) is 3.19. The first-order chi connectivity index (χ1) is 9.72. The molecule has 0 saturated carbocycles. The molecule has 1 N–H and O–H groups in total. The standard InChI is InChI=1S/C14H17N3O2S/c1-10-8-11(14-17-15-9-19-14)2-3-13(10)16-12-4-6-20(18)7-5-12/h2-3,8-9,12,16H,4-7H2,1H3. The Morgan fingerprint density at radius 2 is 2.15 bits per heavy atom. The Hall–Kier alpha value is -1.69. The van der Waals surface area contributed by atoms with Gasteiger partial charge in [0.25, 0.3) is 0 Å². The maximum atomic E-state index is 11.4. The predicted octanol–water partition coefficient (Wildman–Crippen LogP) is 2.37. The average Bonchev–Trinajstić information content (AvgIpc) is 2.97. The maximum absolute atomic E-state index is 11.4. The van der Waals surface area contributed by atoms with E-state index in [0.717, 1.165) is 41.2 Å². The van der Waals surface area contributed by atoms with E-state index in [1.165, 1.54) is 6.39 Å². The second-order valence-corrected chi connectivity index (χ2v) is 6.74. The highest BCUT2D eigenvalue weighted by atomic mass is 32.2. The van der Waals surface area contributed by atoms with Crippen LogP contribution < -0.4 is 5.32 Å². The van der Waals surface area contributed by atoms with Crippen LogP contribution in [0.15, 0.2) is 29.0 Å². The number of aryl methyl sites for hydroxylation is 1. The number of hydrogen-bond donors (Lipinski definition) is 1. The Bertz CT molecular complexity index is 603. The number of benzene rings is 1. The molecule has 3 rings (SSSR count). The number of anilines is 1. The van der Waals surface area contributed by atoms with Crippen molar-refractivity contribution in [2.24, 2.45) is 0 Å². The highest BCUT2D eigenvalue weighted by Crippen LogP contribution is 2.25. The van der Waals surface area contributed by atoms with Gasteiger partial charge < -0.3 is 9.73 Å². The zero-order valence-electron chi connectivity index (χ0n) is 11.3. The van der Waals surface area contributed by atoms with E-state index in [9.17, 15) is 4.21 Å². The summed E-state index contributed by atoms with van der Waals surface area (Å²) in [6, 6.07) is 6.47. The summed E-state index contributed by atoms with van der Waals surface area (Å²) < 4.78 is 16.6. The van der Waals surface area contributed by atoms with Crippen LogP contribution in [0.2, 0.25) is 0 Å². The van der Waals surface area contributed by atoms with Crippen LogP contribution in [0.1, 0.15) is 18.4 Å². The van der Waals surface area contributed by atoms with Gasteiger partial charge in [-0.25, -0.2) is 0 Å². The summed E-state index contributed by atoms with van der Waals surface area (Å²) in [5.74, 6) is 2.14. The van der Waals surface area contributed by atoms with Gasteiger partial charge in [-0.15, -0.1) is 10.2 Å². The van der Waals surface area contributed by atoms with Gasteiger partial charge in [0.05, 0.1) is 0 Å². The fourth-order valence-electron chi connectivity index (χ4n) is 2.42. The van der Waals surface area contributed by atoms with E-state index in [4.69, 9.17) is 4.42 Å². The molecule has 20 heavy (non-hydrogen) atoms. The van der Waals surface area contributed by atoms with E-state index in [-0.39, 0.29) is 0 Å². The molecule has 0 radical (unpaired) electrons. The molecule has 2 aromatic rings. The van der Waals surface area contributed by atoms with Gasteiger partial charge in [0, 0.05) is 39.6 Å². The van der Waals surface area contributed by atoms with E-state index >= 15 is 0 Å². The topological polar surface area (TPSA) is 68.0 Å². The molecule has 0 spiro atoms. The van der Waals surface area contributed by atoms with Gasteiger partial charge in [0.1, 0.15) is 0 Å². The summed E-state index contributed by atoms with van der Waals surface area (Å²) >= 11 is 0. The fourth-order valence-corrected chi connectivity index (χ4v) is 3.71. The molecule has 1 aromatic carbocycles. The Labute approximate surface area is 120 Å². The lowest BCUT2D eigenvalue weighted by Crippen LogP contribution is -2.29. The van der Waals surface area contributed by atoms with Crippen LogP contribution in [0.5, 0.6) is 0 Å². The van der Waals surface area contributed by atoms with Gasteiger partial charge in [0.15, 0.2) is 0 Å². The molecule has 1 fully saturated rings. The molecule has 1 aromatic heterocycles. The lowest BCUT2D eigenvalue weighted by Gasteiger charge is -2.24. The summed E-state index contributed by atoms with van der Waals surface area (Å²) in [5, 5.41) is 11.1. The number of hydrogen-bond acceptors (Lipinski definition) is 5. The second-order valence-electron chi connectivity index (χ2n) is 5.04. The van der Waals surface area contributed by atoms with E-state index < -0.39 is 10.8 Å². The molecule has 0 amide bonds. The van der Waals surface area contributed by atoms with Crippen LogP contribution in [-0.2, 0) is 10.8 Å². The van der Waals surface area contributed by atoms with E-state index in [0.29, 0.717) is 11.9 Å². The number of aromatic nitrogens is 2. The van der Waals surface area contributed by atoms with E-state index in [1.807, 2.05) is 18.2 Å². The van der Waals surface area contributed by atoms with Crippen molar-refractivity contribution < 1.29 is 8.63 Å². The largest absolute Gasteiger partial charge is 0.423 e. The van der Waals surface area contributed by atoms with Gasteiger partial charge in [-0.1, -0.05) is 0 Å². The minimum absolute atomic E-state index is 0.417. The minimum atomic E-state index is -0.616. The molecule has 1 saturated heterocycles. The first-order valence-corrected chi connectivity index (χ1v) is 8.20. The first-order valence-electron chi connectivity index (χ1n) is 6.71. The quantitative estimate of drug-likeness (QED) is 0.940. The molecule has 2 heterocycles. The Morgan fingerprint density at radius 3 is 2.80 bits per heavy atom. The molecular formula is C14H17N3O2S. The number of nitrogens with zero attached hydrogens (tertiary/aromatic N) is 2. The SMILES string of the molecule is Cc1cc(-c2nnco2)ccc1NC1CCS(=O)CC1. The van der Waals surface area contributed by atoms with Crippen LogP contribution in [0.3, 0.4) is 0 Å². The monoisotopic (exact) mass is 291 g/mol. The maximum Gasteiger partial charge on any atom is 0.247 e. The van der Waals surface area contributed by atoms with Crippen molar-refractivity contribution in [1.82, 2.24) is 10.2 Å². The fraction of sp³-hybridized carbons (Fsp3) is 0.429. The predicted molar refractivity (Wildman–Crippen MR) is 79.0 cm³/mol. The van der Waals surface area contributed by atoms with Gasteiger partial charge in [-0.2, -0.15) is 0 Å². The van der Waals surface area contributed by atoms with Crippen LogP contribution in [-0.4, -0.2) is 32.0 Å². The van der Waals surface area contributed by atoms with Crippen LogP contribution in [0.4, 0.5) is 5.69 Å². The molecule has 0 atom stereocenters. The van der Waals surface area contributed by atoms with Crippen molar-refractivity contribution in [3.8, 4) is 11.5 Å². The van der Waals surface area contributed by atoms with Crippen molar-refractivity contribution >= 4 is 16.5 Å². The number of rotatable bonds is 3. The molecule has 0 bridgehead atoms. The summed E-state index contributed by atoms with van der Waals surface area (Å²) in [6.45, 7) is 2.06. The molecule has 0 unspecified atom stereocenters. The molecule has 0 aliphatic carbocycles. The van der Waals surface area contributed by atoms with Crippen LogP contribution >= 0.6 is 0 Å². The Balaban J connectivity index is 1.73. The average molecular weight is 291 g/mol. The van der Waals surface area contributed by atoms with Crippen molar-refractivity contribution in [2.45, 2.75) is 25.8 Å².